The smallest absolute Gasteiger partial charge is 0.105 e. The first-order valence-corrected chi connectivity index (χ1v) is 8.25. The zero-order chi connectivity index (χ0) is 14.3. The zero-order valence-electron chi connectivity index (χ0n) is 12.8. The summed E-state index contributed by atoms with van der Waals surface area (Å²) in [4.78, 5) is 2.49. The highest BCUT2D eigenvalue weighted by atomic mass is 16.6. The van der Waals surface area contributed by atoms with E-state index in [-0.39, 0.29) is 11.7 Å². The molecule has 1 aromatic rings. The zero-order valence-corrected chi connectivity index (χ0v) is 12.8. The van der Waals surface area contributed by atoms with Crippen molar-refractivity contribution in [3.8, 4) is 0 Å². The predicted octanol–water partition coefficient (Wildman–Crippen LogP) is 2.06. The quantitative estimate of drug-likeness (QED) is 0.926. The molecule has 3 fully saturated rings. The van der Waals surface area contributed by atoms with Gasteiger partial charge < -0.3 is 9.47 Å². The second kappa shape index (κ2) is 5.38. The first-order chi connectivity index (χ1) is 10.2. The predicted molar refractivity (Wildman–Crippen MR) is 79.2 cm³/mol. The van der Waals surface area contributed by atoms with Crippen molar-refractivity contribution in [2.45, 2.75) is 56.8 Å². The lowest BCUT2D eigenvalue weighted by molar-refractivity contribution is -0.197. The van der Waals surface area contributed by atoms with Crippen molar-refractivity contribution < 1.29 is 9.47 Å². The number of H-pyrrole nitrogens is 1. The standard InChI is InChI=1S/C16H25N3O2/c1-12-8-19(10-16(21-12)5-2-6-20-11-16)9-14-7-15(18-17-14)13-3-4-13/h7,12-13H,2-6,8-11H2,1H3,(H,17,18). The van der Waals surface area contributed by atoms with E-state index in [2.05, 4.69) is 28.1 Å². The summed E-state index contributed by atoms with van der Waals surface area (Å²) < 4.78 is 11.9. The van der Waals surface area contributed by atoms with E-state index >= 15 is 0 Å². The third kappa shape index (κ3) is 3.00. The van der Waals surface area contributed by atoms with Crippen LogP contribution < -0.4 is 0 Å². The molecule has 1 spiro atoms. The van der Waals surface area contributed by atoms with Gasteiger partial charge in [0.25, 0.3) is 0 Å². The van der Waals surface area contributed by atoms with E-state index < -0.39 is 0 Å². The third-order valence-electron chi connectivity index (χ3n) is 4.80. The fourth-order valence-corrected chi connectivity index (χ4v) is 3.79. The van der Waals surface area contributed by atoms with Crippen LogP contribution in [0.3, 0.4) is 0 Å². The number of ether oxygens (including phenoxy) is 2. The van der Waals surface area contributed by atoms with Gasteiger partial charge in [0.05, 0.1) is 18.4 Å². The van der Waals surface area contributed by atoms with Crippen LogP contribution in [0.5, 0.6) is 0 Å². The van der Waals surface area contributed by atoms with E-state index in [1.54, 1.807) is 0 Å². The van der Waals surface area contributed by atoms with Crippen molar-refractivity contribution in [2.24, 2.45) is 0 Å². The Bertz CT molecular complexity index is 491. The summed E-state index contributed by atoms with van der Waals surface area (Å²) in [6, 6.07) is 2.25. The molecule has 116 valence electrons. The van der Waals surface area contributed by atoms with E-state index in [0.29, 0.717) is 0 Å². The second-order valence-corrected chi connectivity index (χ2v) is 7.03. The highest BCUT2D eigenvalue weighted by Gasteiger charge is 2.41. The Kier molecular flexibility index (Phi) is 3.52. The maximum Gasteiger partial charge on any atom is 0.105 e. The number of hydrogen-bond donors (Lipinski definition) is 1. The van der Waals surface area contributed by atoms with Gasteiger partial charge in [0.15, 0.2) is 0 Å². The normalized spacial score (nSPS) is 34.4. The van der Waals surface area contributed by atoms with E-state index in [1.165, 1.54) is 24.2 Å². The molecule has 0 bridgehead atoms. The highest BCUT2D eigenvalue weighted by Crippen LogP contribution is 2.39. The summed E-state index contributed by atoms with van der Waals surface area (Å²) >= 11 is 0. The van der Waals surface area contributed by atoms with Gasteiger partial charge in [0.1, 0.15) is 5.60 Å². The van der Waals surface area contributed by atoms with Crippen LogP contribution in [0, 0.1) is 0 Å². The maximum atomic E-state index is 6.24. The minimum absolute atomic E-state index is 0.0880. The van der Waals surface area contributed by atoms with Crippen molar-refractivity contribution in [1.82, 2.24) is 15.1 Å². The molecular formula is C16H25N3O2. The van der Waals surface area contributed by atoms with E-state index in [4.69, 9.17) is 9.47 Å². The molecule has 1 saturated carbocycles. The average molecular weight is 291 g/mol. The first kappa shape index (κ1) is 13.7. The van der Waals surface area contributed by atoms with Crippen LogP contribution in [0.2, 0.25) is 0 Å². The Balaban J connectivity index is 1.43. The second-order valence-electron chi connectivity index (χ2n) is 7.03. The van der Waals surface area contributed by atoms with Crippen molar-refractivity contribution in [2.75, 3.05) is 26.3 Å². The number of hydrogen-bond acceptors (Lipinski definition) is 4. The monoisotopic (exact) mass is 291 g/mol. The van der Waals surface area contributed by atoms with Gasteiger partial charge >= 0.3 is 0 Å². The third-order valence-corrected chi connectivity index (χ3v) is 4.80. The molecule has 5 heteroatoms. The number of aromatic nitrogens is 2. The first-order valence-electron chi connectivity index (χ1n) is 8.25. The Hall–Kier alpha value is -0.910. The van der Waals surface area contributed by atoms with Crippen LogP contribution in [-0.4, -0.2) is 53.1 Å². The van der Waals surface area contributed by atoms with Crippen LogP contribution in [0.25, 0.3) is 0 Å². The molecule has 1 aromatic heterocycles. The molecule has 2 aliphatic heterocycles. The lowest BCUT2D eigenvalue weighted by Crippen LogP contribution is -2.58. The van der Waals surface area contributed by atoms with E-state index in [9.17, 15) is 0 Å². The van der Waals surface area contributed by atoms with Crippen molar-refractivity contribution in [1.29, 1.82) is 0 Å². The van der Waals surface area contributed by atoms with E-state index in [1.807, 2.05) is 0 Å². The van der Waals surface area contributed by atoms with Gasteiger partial charge in [0.2, 0.25) is 0 Å². The molecule has 2 atom stereocenters. The van der Waals surface area contributed by atoms with Crippen molar-refractivity contribution >= 4 is 0 Å². The van der Waals surface area contributed by atoms with E-state index in [0.717, 1.165) is 51.6 Å². The molecule has 2 saturated heterocycles. The van der Waals surface area contributed by atoms with Gasteiger partial charge in [-0.15, -0.1) is 0 Å². The molecule has 4 rings (SSSR count). The number of rotatable bonds is 3. The average Bonchev–Trinajstić information content (AvgIpc) is 3.20. The summed E-state index contributed by atoms with van der Waals surface area (Å²) in [5.74, 6) is 0.719. The summed E-state index contributed by atoms with van der Waals surface area (Å²) in [7, 11) is 0. The molecule has 1 N–H and O–H groups in total. The van der Waals surface area contributed by atoms with Crippen LogP contribution in [0.15, 0.2) is 6.07 Å². The fourth-order valence-electron chi connectivity index (χ4n) is 3.79. The molecule has 21 heavy (non-hydrogen) atoms. The summed E-state index contributed by atoms with van der Waals surface area (Å²) in [6.07, 6.45) is 5.10. The van der Waals surface area contributed by atoms with Gasteiger partial charge in [-0.3, -0.25) is 10.00 Å². The van der Waals surface area contributed by atoms with Gasteiger partial charge in [0, 0.05) is 37.9 Å². The fraction of sp³-hybridized carbons (Fsp3) is 0.812. The molecule has 2 unspecified atom stereocenters. The van der Waals surface area contributed by atoms with Crippen LogP contribution >= 0.6 is 0 Å². The molecular weight excluding hydrogens is 266 g/mol. The minimum atomic E-state index is -0.0880. The van der Waals surface area contributed by atoms with Gasteiger partial charge in [-0.05, 0) is 38.7 Å². The Morgan fingerprint density at radius 1 is 1.48 bits per heavy atom. The Morgan fingerprint density at radius 2 is 2.38 bits per heavy atom. The topological polar surface area (TPSA) is 50.4 Å². The van der Waals surface area contributed by atoms with Gasteiger partial charge in [-0.1, -0.05) is 0 Å². The van der Waals surface area contributed by atoms with Gasteiger partial charge in [-0.2, -0.15) is 5.10 Å². The lowest BCUT2D eigenvalue weighted by Gasteiger charge is -2.47. The van der Waals surface area contributed by atoms with Crippen molar-refractivity contribution in [3.63, 3.8) is 0 Å². The Labute approximate surface area is 126 Å². The molecule has 1 aliphatic carbocycles. The summed E-state index contributed by atoms with van der Waals surface area (Å²) in [6.45, 7) is 6.68. The molecule has 0 radical (unpaired) electrons. The molecule has 0 aromatic carbocycles. The lowest BCUT2D eigenvalue weighted by atomic mass is 9.93. The SMILES string of the molecule is CC1CN(Cc2cc(C3CC3)n[nH]2)CC2(CCCOC2)O1. The van der Waals surface area contributed by atoms with Crippen LogP contribution in [0.4, 0.5) is 0 Å². The number of nitrogens with zero attached hydrogens (tertiary/aromatic N) is 2. The number of aromatic amines is 1. The van der Waals surface area contributed by atoms with Crippen molar-refractivity contribution in [3.05, 3.63) is 17.5 Å². The highest BCUT2D eigenvalue weighted by molar-refractivity contribution is 5.17. The molecule has 0 amide bonds. The van der Waals surface area contributed by atoms with Crippen LogP contribution in [-0.2, 0) is 16.0 Å². The van der Waals surface area contributed by atoms with Gasteiger partial charge in [-0.25, -0.2) is 0 Å². The number of nitrogens with one attached hydrogen (secondary N) is 1. The summed E-state index contributed by atoms with van der Waals surface area (Å²) in [5.41, 5.74) is 2.40. The maximum absolute atomic E-state index is 6.24. The van der Waals surface area contributed by atoms with Crippen LogP contribution in [0.1, 0.15) is 49.9 Å². The molecule has 3 aliphatic rings. The largest absolute Gasteiger partial charge is 0.378 e. The Morgan fingerprint density at radius 3 is 3.14 bits per heavy atom. The minimum Gasteiger partial charge on any atom is -0.378 e. The summed E-state index contributed by atoms with van der Waals surface area (Å²) in [5, 5.41) is 7.68. The molecule has 3 heterocycles. The number of morpholine rings is 1. The molecule has 5 nitrogen and oxygen atoms in total.